The molecule has 1 aromatic rings. The molecule has 19 heavy (non-hydrogen) atoms. The third-order valence-electron chi connectivity index (χ3n) is 2.35. The molecule has 0 aliphatic rings. The van der Waals surface area contributed by atoms with E-state index in [0.717, 1.165) is 18.6 Å². The Morgan fingerprint density at radius 1 is 1.47 bits per heavy atom. The van der Waals surface area contributed by atoms with Crippen LogP contribution in [0.3, 0.4) is 0 Å². The molecule has 0 heterocycles. The number of nitrogens with one attached hydrogen (secondary N) is 1. The summed E-state index contributed by atoms with van der Waals surface area (Å²) in [6.07, 6.45) is 1.36. The molecule has 2 N–H and O–H groups in total. The minimum atomic E-state index is -4.11. The van der Waals surface area contributed by atoms with Gasteiger partial charge in [0, 0.05) is 11.6 Å². The Morgan fingerprint density at radius 3 is 2.63 bits per heavy atom. The summed E-state index contributed by atoms with van der Waals surface area (Å²) in [5.74, 6) is -2.90. The molecule has 0 aliphatic carbocycles. The fourth-order valence-electron chi connectivity index (χ4n) is 1.38. The van der Waals surface area contributed by atoms with Crippen molar-refractivity contribution in [2.75, 3.05) is 6.54 Å². The first-order valence-electron chi connectivity index (χ1n) is 5.51. The molecule has 0 bridgehead atoms. The molecule has 0 aliphatic heterocycles. The molecule has 8 heteroatoms. The standard InChI is InChI=1S/C11H13ClFNO4S/c1-2-3-4-14-19(17,18)9-6-7(12)5-8(10(9)13)11(15)16/h5-6,14H,2-4H2,1H3,(H,15,16). The van der Waals surface area contributed by atoms with Crippen molar-refractivity contribution in [3.8, 4) is 0 Å². The lowest BCUT2D eigenvalue weighted by atomic mass is 10.2. The molecule has 1 rings (SSSR count). The van der Waals surface area contributed by atoms with Gasteiger partial charge in [-0.15, -0.1) is 0 Å². The van der Waals surface area contributed by atoms with Crippen LogP contribution in [0.1, 0.15) is 30.1 Å². The fraction of sp³-hybridized carbons (Fsp3) is 0.364. The highest BCUT2D eigenvalue weighted by atomic mass is 35.5. The van der Waals surface area contributed by atoms with Crippen LogP contribution in [-0.4, -0.2) is 26.0 Å². The number of carbonyl (C=O) groups is 1. The second-order valence-electron chi connectivity index (χ2n) is 3.82. The Hall–Kier alpha value is -1.18. The second kappa shape index (κ2) is 6.31. The van der Waals surface area contributed by atoms with Gasteiger partial charge in [0.15, 0.2) is 5.82 Å². The fourth-order valence-corrected chi connectivity index (χ4v) is 2.86. The van der Waals surface area contributed by atoms with Crippen LogP contribution < -0.4 is 4.72 Å². The van der Waals surface area contributed by atoms with Crippen LogP contribution in [0, 0.1) is 5.82 Å². The summed E-state index contributed by atoms with van der Waals surface area (Å²) < 4.78 is 39.7. The number of hydrogen-bond acceptors (Lipinski definition) is 3. The number of unbranched alkanes of at least 4 members (excludes halogenated alkanes) is 1. The number of hydrogen-bond donors (Lipinski definition) is 2. The maximum absolute atomic E-state index is 13.8. The summed E-state index contributed by atoms with van der Waals surface area (Å²) in [5, 5.41) is 8.62. The smallest absolute Gasteiger partial charge is 0.338 e. The minimum absolute atomic E-state index is 0.146. The first kappa shape index (κ1) is 15.9. The topological polar surface area (TPSA) is 83.5 Å². The van der Waals surface area contributed by atoms with Gasteiger partial charge >= 0.3 is 5.97 Å². The number of rotatable bonds is 6. The van der Waals surface area contributed by atoms with Crippen molar-refractivity contribution >= 4 is 27.6 Å². The van der Waals surface area contributed by atoms with Crippen molar-refractivity contribution in [3.05, 3.63) is 28.5 Å². The summed E-state index contributed by atoms with van der Waals surface area (Å²) in [4.78, 5) is 10.0. The van der Waals surface area contributed by atoms with Crippen molar-refractivity contribution in [1.29, 1.82) is 0 Å². The average molecular weight is 310 g/mol. The number of halogens is 2. The lowest BCUT2D eigenvalue weighted by Crippen LogP contribution is -2.26. The highest BCUT2D eigenvalue weighted by Gasteiger charge is 2.24. The monoisotopic (exact) mass is 309 g/mol. The average Bonchev–Trinajstić information content (AvgIpc) is 2.31. The Balaban J connectivity index is 3.23. The van der Waals surface area contributed by atoms with Gasteiger partial charge in [-0.2, -0.15) is 0 Å². The normalized spacial score (nSPS) is 11.5. The van der Waals surface area contributed by atoms with E-state index < -0.39 is 32.3 Å². The summed E-state index contributed by atoms with van der Waals surface area (Å²) in [5.41, 5.74) is -0.775. The van der Waals surface area contributed by atoms with Gasteiger partial charge in [-0.1, -0.05) is 24.9 Å². The van der Waals surface area contributed by atoms with E-state index in [4.69, 9.17) is 16.7 Å². The largest absolute Gasteiger partial charge is 0.478 e. The Kier molecular flexibility index (Phi) is 5.28. The number of benzene rings is 1. The molecule has 106 valence electrons. The summed E-state index contributed by atoms with van der Waals surface area (Å²) in [6, 6.07) is 1.75. The quantitative estimate of drug-likeness (QED) is 0.789. The first-order chi connectivity index (χ1) is 8.79. The van der Waals surface area contributed by atoms with Crippen molar-refractivity contribution in [3.63, 3.8) is 0 Å². The van der Waals surface area contributed by atoms with Gasteiger partial charge in [0.2, 0.25) is 10.0 Å². The van der Waals surface area contributed by atoms with Crippen LogP contribution >= 0.6 is 11.6 Å². The van der Waals surface area contributed by atoms with Crippen molar-refractivity contribution in [2.24, 2.45) is 0 Å². The van der Waals surface area contributed by atoms with Crippen molar-refractivity contribution < 1.29 is 22.7 Å². The highest BCUT2D eigenvalue weighted by Crippen LogP contribution is 2.23. The van der Waals surface area contributed by atoms with Gasteiger partial charge in [-0.05, 0) is 18.6 Å². The summed E-state index contributed by atoms with van der Waals surface area (Å²) in [7, 11) is -4.11. The zero-order chi connectivity index (χ0) is 14.6. The molecule has 0 saturated carbocycles. The number of sulfonamides is 1. The number of carboxylic acids is 1. The molecular weight excluding hydrogens is 297 g/mol. The number of carboxylic acid groups (broad SMARTS) is 1. The molecular formula is C11H13ClFNO4S. The molecule has 0 spiro atoms. The third kappa shape index (κ3) is 3.89. The van der Waals surface area contributed by atoms with Crippen LogP contribution in [0.25, 0.3) is 0 Å². The van der Waals surface area contributed by atoms with Crippen molar-refractivity contribution in [2.45, 2.75) is 24.7 Å². The third-order valence-corrected chi connectivity index (χ3v) is 4.02. The van der Waals surface area contributed by atoms with Crippen LogP contribution in [0.15, 0.2) is 17.0 Å². The van der Waals surface area contributed by atoms with Gasteiger partial charge in [0.25, 0.3) is 0 Å². The van der Waals surface area contributed by atoms with E-state index in [2.05, 4.69) is 4.72 Å². The Labute approximate surface area is 115 Å². The van der Waals surface area contributed by atoms with Crippen LogP contribution in [0.4, 0.5) is 4.39 Å². The van der Waals surface area contributed by atoms with Gasteiger partial charge in [0.1, 0.15) is 4.90 Å². The van der Waals surface area contributed by atoms with Gasteiger partial charge in [-0.25, -0.2) is 22.3 Å². The van der Waals surface area contributed by atoms with Crippen molar-refractivity contribution in [1.82, 2.24) is 4.72 Å². The predicted molar refractivity (Wildman–Crippen MR) is 68.5 cm³/mol. The highest BCUT2D eigenvalue weighted by molar-refractivity contribution is 7.89. The van der Waals surface area contributed by atoms with Gasteiger partial charge in [0.05, 0.1) is 5.56 Å². The van der Waals surface area contributed by atoms with Gasteiger partial charge in [-0.3, -0.25) is 0 Å². The van der Waals surface area contributed by atoms with E-state index in [1.54, 1.807) is 0 Å². The minimum Gasteiger partial charge on any atom is -0.478 e. The van der Waals surface area contributed by atoms with E-state index in [-0.39, 0.29) is 11.6 Å². The predicted octanol–water partition coefficient (Wildman–Crippen LogP) is 2.26. The van der Waals surface area contributed by atoms with E-state index in [9.17, 15) is 17.6 Å². The molecule has 5 nitrogen and oxygen atoms in total. The number of aromatic carboxylic acids is 1. The van der Waals surface area contributed by atoms with Crippen LogP contribution in [0.5, 0.6) is 0 Å². The maximum Gasteiger partial charge on any atom is 0.338 e. The summed E-state index contributed by atoms with van der Waals surface area (Å²) in [6.45, 7) is 2.02. The van der Waals surface area contributed by atoms with Gasteiger partial charge < -0.3 is 5.11 Å². The molecule has 0 atom stereocenters. The van der Waals surface area contributed by atoms with E-state index in [1.807, 2.05) is 6.92 Å². The Morgan fingerprint density at radius 2 is 2.11 bits per heavy atom. The zero-order valence-electron chi connectivity index (χ0n) is 10.1. The van der Waals surface area contributed by atoms with Crippen LogP contribution in [-0.2, 0) is 10.0 Å². The SMILES string of the molecule is CCCCNS(=O)(=O)c1cc(Cl)cc(C(=O)O)c1F. The van der Waals surface area contributed by atoms with Crippen LogP contribution in [0.2, 0.25) is 5.02 Å². The lowest BCUT2D eigenvalue weighted by molar-refractivity contribution is 0.0691. The second-order valence-corrected chi connectivity index (χ2v) is 5.99. The molecule has 0 saturated heterocycles. The lowest BCUT2D eigenvalue weighted by Gasteiger charge is -2.09. The molecule has 0 radical (unpaired) electrons. The maximum atomic E-state index is 13.8. The molecule has 0 aromatic heterocycles. The molecule has 0 fully saturated rings. The first-order valence-corrected chi connectivity index (χ1v) is 7.37. The van der Waals surface area contributed by atoms with E-state index in [0.29, 0.717) is 6.42 Å². The summed E-state index contributed by atoms with van der Waals surface area (Å²) >= 11 is 5.61. The van der Waals surface area contributed by atoms with E-state index in [1.165, 1.54) is 0 Å². The molecule has 0 amide bonds. The molecule has 0 unspecified atom stereocenters. The van der Waals surface area contributed by atoms with E-state index >= 15 is 0 Å². The zero-order valence-corrected chi connectivity index (χ0v) is 11.7. The Bertz CT molecular complexity index is 589. The molecule has 1 aromatic carbocycles.